The molecule has 0 aliphatic heterocycles. The Morgan fingerprint density at radius 1 is 1.24 bits per heavy atom. The van der Waals surface area contributed by atoms with Gasteiger partial charge in [0.15, 0.2) is 0 Å². The number of amides is 1. The van der Waals surface area contributed by atoms with Crippen LogP contribution in [0.4, 0.5) is 0 Å². The number of aromatic nitrogens is 2. The molecule has 0 fully saturated rings. The Kier molecular flexibility index (Phi) is 5.34. The van der Waals surface area contributed by atoms with Crippen LogP contribution < -0.4 is 4.72 Å². The van der Waals surface area contributed by atoms with Crippen molar-refractivity contribution in [2.24, 2.45) is 0 Å². The van der Waals surface area contributed by atoms with Gasteiger partial charge in [0.1, 0.15) is 0 Å². The minimum absolute atomic E-state index is 0.0516. The molecule has 2 aromatic rings. The Morgan fingerprint density at radius 3 is 2.48 bits per heavy atom. The third-order valence-corrected chi connectivity index (χ3v) is 5.05. The van der Waals surface area contributed by atoms with Crippen LogP contribution >= 0.6 is 0 Å². The highest BCUT2D eigenvalue weighted by Gasteiger charge is 2.20. The van der Waals surface area contributed by atoms with Crippen LogP contribution in [0.2, 0.25) is 0 Å². The molecular weight excluding hydrogens is 340 g/mol. The highest BCUT2D eigenvalue weighted by molar-refractivity contribution is 7.89. The molecule has 0 bridgehead atoms. The summed E-state index contributed by atoms with van der Waals surface area (Å²) >= 11 is 0. The lowest BCUT2D eigenvalue weighted by Gasteiger charge is -2.13. The number of rotatable bonds is 5. The molecule has 0 spiro atoms. The van der Waals surface area contributed by atoms with E-state index in [1.54, 1.807) is 26.2 Å². The number of sulfonamides is 1. The third-order valence-electron chi connectivity index (χ3n) is 3.65. The quantitative estimate of drug-likeness (QED) is 0.847. The molecule has 2 rings (SSSR count). The molecule has 136 valence electrons. The minimum Gasteiger partial charge on any atom is -0.345 e. The van der Waals surface area contributed by atoms with E-state index in [2.05, 4.69) is 14.9 Å². The topological polar surface area (TPSA) is 95.2 Å². The van der Waals surface area contributed by atoms with Crippen LogP contribution in [-0.2, 0) is 22.0 Å². The van der Waals surface area contributed by atoms with Crippen LogP contribution in [0.5, 0.6) is 0 Å². The first-order chi connectivity index (χ1) is 11.5. The van der Waals surface area contributed by atoms with E-state index in [1.807, 2.05) is 26.8 Å². The molecule has 2 N–H and O–H groups in total. The van der Waals surface area contributed by atoms with Gasteiger partial charge in [-0.05, 0) is 24.3 Å². The van der Waals surface area contributed by atoms with Crippen molar-refractivity contribution >= 4 is 15.9 Å². The fourth-order valence-corrected chi connectivity index (χ4v) is 3.20. The van der Waals surface area contributed by atoms with Gasteiger partial charge in [0.25, 0.3) is 5.91 Å². The van der Waals surface area contributed by atoms with E-state index < -0.39 is 10.0 Å². The van der Waals surface area contributed by atoms with Crippen molar-refractivity contribution < 1.29 is 13.2 Å². The smallest absolute Gasteiger partial charge is 0.253 e. The largest absolute Gasteiger partial charge is 0.345 e. The predicted octanol–water partition coefficient (Wildman–Crippen LogP) is 1.89. The Bertz CT molecular complexity index is 864. The fourth-order valence-electron chi connectivity index (χ4n) is 2.15. The minimum atomic E-state index is -3.73. The molecular formula is C17H24N4O3S. The van der Waals surface area contributed by atoms with Gasteiger partial charge in [-0.1, -0.05) is 26.8 Å². The van der Waals surface area contributed by atoms with E-state index in [1.165, 1.54) is 17.0 Å². The lowest BCUT2D eigenvalue weighted by Crippen LogP contribution is -2.25. The van der Waals surface area contributed by atoms with Gasteiger partial charge >= 0.3 is 0 Å². The second-order valence-corrected chi connectivity index (χ2v) is 8.85. The molecule has 0 aliphatic carbocycles. The van der Waals surface area contributed by atoms with Crippen LogP contribution in [0.1, 0.15) is 42.5 Å². The van der Waals surface area contributed by atoms with Crippen LogP contribution in [0.3, 0.4) is 0 Å². The molecule has 0 unspecified atom stereocenters. The molecule has 1 heterocycles. The van der Waals surface area contributed by atoms with Gasteiger partial charge in [0.05, 0.1) is 22.8 Å². The monoisotopic (exact) mass is 364 g/mol. The number of aromatic amines is 1. The molecule has 8 heteroatoms. The van der Waals surface area contributed by atoms with Gasteiger partial charge in [-0.2, -0.15) is 5.10 Å². The molecule has 0 radical (unpaired) electrons. The van der Waals surface area contributed by atoms with Crippen molar-refractivity contribution in [1.29, 1.82) is 0 Å². The zero-order valence-corrected chi connectivity index (χ0v) is 15.9. The highest BCUT2D eigenvalue weighted by atomic mass is 32.2. The maximum Gasteiger partial charge on any atom is 0.253 e. The Labute approximate surface area is 148 Å². The van der Waals surface area contributed by atoms with E-state index in [0.717, 1.165) is 5.69 Å². The number of hydrogen-bond donors (Lipinski definition) is 2. The number of carbonyl (C=O) groups excluding carboxylic acids is 1. The maximum atomic E-state index is 12.5. The van der Waals surface area contributed by atoms with Gasteiger partial charge < -0.3 is 4.90 Å². The summed E-state index contributed by atoms with van der Waals surface area (Å²) in [6.45, 7) is 6.19. The van der Waals surface area contributed by atoms with Crippen molar-refractivity contribution in [3.63, 3.8) is 0 Å². The number of H-pyrrole nitrogens is 1. The summed E-state index contributed by atoms with van der Waals surface area (Å²) in [7, 11) is -0.499. The number of nitrogens with one attached hydrogen (secondary N) is 2. The van der Waals surface area contributed by atoms with Gasteiger partial charge in [0, 0.05) is 25.1 Å². The molecule has 0 saturated heterocycles. The lowest BCUT2D eigenvalue weighted by atomic mass is 9.92. The highest BCUT2D eigenvalue weighted by Crippen LogP contribution is 2.20. The second kappa shape index (κ2) is 6.97. The summed E-state index contributed by atoms with van der Waals surface area (Å²) in [5, 5.41) is 7.05. The van der Waals surface area contributed by atoms with E-state index in [0.29, 0.717) is 11.3 Å². The van der Waals surface area contributed by atoms with E-state index in [4.69, 9.17) is 0 Å². The molecule has 1 amide bonds. The summed E-state index contributed by atoms with van der Waals surface area (Å²) in [6.07, 6.45) is 0. The number of benzene rings is 1. The molecule has 0 saturated carbocycles. The fraction of sp³-hybridized carbons (Fsp3) is 0.412. The molecule has 7 nitrogen and oxygen atoms in total. The van der Waals surface area contributed by atoms with Gasteiger partial charge in [-0.15, -0.1) is 0 Å². The van der Waals surface area contributed by atoms with E-state index in [9.17, 15) is 13.2 Å². The maximum absolute atomic E-state index is 12.5. The van der Waals surface area contributed by atoms with Gasteiger partial charge in [0.2, 0.25) is 10.0 Å². The van der Waals surface area contributed by atoms with Crippen molar-refractivity contribution in [1.82, 2.24) is 19.8 Å². The third kappa shape index (κ3) is 4.67. The number of carbonyl (C=O) groups is 1. The van der Waals surface area contributed by atoms with Crippen LogP contribution in [0.15, 0.2) is 35.2 Å². The molecule has 1 aromatic heterocycles. The molecule has 1 aromatic carbocycles. The molecule has 0 atom stereocenters. The van der Waals surface area contributed by atoms with E-state index >= 15 is 0 Å². The SMILES string of the molecule is CN(C)C(=O)c1cccc(S(=O)(=O)NCc2cc(C(C)(C)C)n[nH]2)c1. The van der Waals surface area contributed by atoms with Gasteiger partial charge in [-0.25, -0.2) is 13.1 Å². The first-order valence-corrected chi connectivity index (χ1v) is 9.35. The Hall–Kier alpha value is -2.19. The Balaban J connectivity index is 2.16. The van der Waals surface area contributed by atoms with E-state index in [-0.39, 0.29) is 22.8 Å². The van der Waals surface area contributed by atoms with Crippen molar-refractivity contribution in [2.45, 2.75) is 37.6 Å². The first kappa shape index (κ1) is 19.1. The molecule has 25 heavy (non-hydrogen) atoms. The number of hydrogen-bond acceptors (Lipinski definition) is 4. The Morgan fingerprint density at radius 2 is 1.92 bits per heavy atom. The normalized spacial score (nSPS) is 12.2. The van der Waals surface area contributed by atoms with Crippen molar-refractivity contribution in [3.8, 4) is 0 Å². The average molecular weight is 364 g/mol. The molecule has 0 aliphatic rings. The zero-order valence-electron chi connectivity index (χ0n) is 15.1. The van der Waals surface area contributed by atoms with Crippen LogP contribution in [0.25, 0.3) is 0 Å². The summed E-state index contributed by atoms with van der Waals surface area (Å²) < 4.78 is 27.5. The standard InChI is InChI=1S/C17H24N4O3S/c1-17(2,3)15-10-13(19-20-15)11-18-25(23,24)14-8-6-7-12(9-14)16(22)21(4)5/h6-10,18H,11H2,1-5H3,(H,19,20). The second-order valence-electron chi connectivity index (χ2n) is 7.08. The van der Waals surface area contributed by atoms with Crippen molar-refractivity contribution in [2.75, 3.05) is 14.1 Å². The summed E-state index contributed by atoms with van der Waals surface area (Å²) in [5.74, 6) is -0.250. The van der Waals surface area contributed by atoms with Gasteiger partial charge in [-0.3, -0.25) is 9.89 Å². The van der Waals surface area contributed by atoms with Crippen LogP contribution in [-0.4, -0.2) is 43.5 Å². The summed E-state index contributed by atoms with van der Waals surface area (Å²) in [6, 6.07) is 7.82. The lowest BCUT2D eigenvalue weighted by molar-refractivity contribution is 0.0827. The first-order valence-electron chi connectivity index (χ1n) is 7.87. The van der Waals surface area contributed by atoms with Crippen LogP contribution in [0, 0.1) is 0 Å². The zero-order chi connectivity index (χ0) is 18.8. The summed E-state index contributed by atoms with van der Waals surface area (Å²) in [4.78, 5) is 13.4. The predicted molar refractivity (Wildman–Crippen MR) is 95.8 cm³/mol. The summed E-state index contributed by atoms with van der Waals surface area (Å²) in [5.41, 5.74) is 1.74. The van der Waals surface area contributed by atoms with Crippen molar-refractivity contribution in [3.05, 3.63) is 47.3 Å². The number of nitrogens with zero attached hydrogens (tertiary/aromatic N) is 2. The average Bonchev–Trinajstić information content (AvgIpc) is 3.01.